The van der Waals surface area contributed by atoms with Crippen LogP contribution in [0.15, 0.2) is 0 Å². The van der Waals surface area contributed by atoms with E-state index < -0.39 is 35.5 Å². The number of hydrogen-bond acceptors (Lipinski definition) is 0. The van der Waals surface area contributed by atoms with Crippen molar-refractivity contribution in [1.29, 1.82) is 0 Å². The third kappa shape index (κ3) is 1.67. The van der Waals surface area contributed by atoms with Gasteiger partial charge in [-0.3, -0.25) is 7.83 Å². The molecule has 1 aliphatic rings. The van der Waals surface area contributed by atoms with E-state index in [-0.39, 0.29) is 7.83 Å². The van der Waals surface area contributed by atoms with Gasteiger partial charge >= 0.3 is 0 Å². The molecular formula is C11H33Si6-. The lowest BCUT2D eigenvalue weighted by atomic mass is 11.9. The lowest BCUT2D eigenvalue weighted by Gasteiger charge is -2.76. The molecule has 0 bridgehead atoms. The van der Waals surface area contributed by atoms with Gasteiger partial charge in [-0.25, -0.2) is 0 Å². The minimum Gasteiger partial charge on any atom is -0.263 e. The van der Waals surface area contributed by atoms with Crippen molar-refractivity contribution in [2.45, 2.75) is 72.0 Å². The quantitative estimate of drug-likeness (QED) is 0.584. The molecule has 0 spiro atoms. The van der Waals surface area contributed by atoms with E-state index in [4.69, 9.17) is 0 Å². The van der Waals surface area contributed by atoms with E-state index in [2.05, 4.69) is 72.0 Å². The van der Waals surface area contributed by atoms with Gasteiger partial charge in [0, 0.05) is 21.3 Å². The minimum absolute atomic E-state index is 0.00725. The van der Waals surface area contributed by atoms with Gasteiger partial charge in [0.2, 0.25) is 0 Å². The van der Waals surface area contributed by atoms with Gasteiger partial charge in [0.25, 0.3) is 0 Å². The van der Waals surface area contributed by atoms with E-state index in [9.17, 15) is 0 Å². The monoisotopic (exact) mass is 333 g/mol. The Balaban J connectivity index is 3.56. The Hall–Kier alpha value is 1.30. The predicted molar refractivity (Wildman–Crippen MR) is 99.0 cm³/mol. The van der Waals surface area contributed by atoms with E-state index in [0.29, 0.717) is 0 Å². The van der Waals surface area contributed by atoms with Crippen molar-refractivity contribution >= 4 is 43.4 Å². The molecule has 0 aliphatic carbocycles. The summed E-state index contributed by atoms with van der Waals surface area (Å²) in [6, 6.07) is 0. The molecule has 0 aromatic heterocycles. The molecule has 0 aromatic rings. The van der Waals surface area contributed by atoms with Gasteiger partial charge in [-0.05, 0) is 0 Å². The van der Waals surface area contributed by atoms with E-state index in [0.717, 1.165) is 0 Å². The summed E-state index contributed by atoms with van der Waals surface area (Å²) in [6.45, 7) is 30.9. The van der Waals surface area contributed by atoms with Crippen molar-refractivity contribution in [3.63, 3.8) is 0 Å². The van der Waals surface area contributed by atoms with Crippen LogP contribution in [0.4, 0.5) is 0 Å². The standard InChI is InChI=1S/C11H33Si6/c1-12-13(2,3)15(6,7)17(10,11)16(8,9)14(12,4)5/h1-11H3/q-1. The minimum atomic E-state index is -0.932. The molecule has 0 N–H and O–H groups in total. The first-order valence-corrected chi connectivity index (χ1v) is 30.0. The molecule has 17 heavy (non-hydrogen) atoms. The highest BCUT2D eigenvalue weighted by molar-refractivity contribution is 8.10. The smallest absolute Gasteiger partial charge is 0.0256 e. The summed E-state index contributed by atoms with van der Waals surface area (Å²) in [4.78, 5) is 0. The number of hydrogen-bond donors (Lipinski definition) is 0. The summed E-state index contributed by atoms with van der Waals surface area (Å²) in [5.74, 6) is 0. The maximum atomic E-state index is 2.82. The lowest BCUT2D eigenvalue weighted by molar-refractivity contribution is 1.75. The first-order valence-electron chi connectivity index (χ1n) is 7.00. The van der Waals surface area contributed by atoms with Crippen LogP contribution in [-0.2, 0) is 0 Å². The van der Waals surface area contributed by atoms with Crippen molar-refractivity contribution in [2.75, 3.05) is 0 Å². The zero-order valence-electron chi connectivity index (χ0n) is 14.0. The Labute approximate surface area is 115 Å². The Bertz CT molecular complexity index is 299. The Morgan fingerprint density at radius 1 is 0.471 bits per heavy atom. The molecule has 0 unspecified atom stereocenters. The second-order valence-corrected chi connectivity index (χ2v) is 77.2. The van der Waals surface area contributed by atoms with Crippen LogP contribution >= 0.6 is 0 Å². The van der Waals surface area contributed by atoms with Gasteiger partial charge in [-0.15, -0.1) is 14.2 Å². The number of rotatable bonds is 0. The fourth-order valence-electron chi connectivity index (χ4n) is 4.06. The van der Waals surface area contributed by atoms with Crippen LogP contribution in [-0.4, -0.2) is 43.4 Å². The van der Waals surface area contributed by atoms with E-state index in [1.54, 1.807) is 0 Å². The normalized spacial score (nSPS) is 33.4. The summed E-state index contributed by atoms with van der Waals surface area (Å²) < 4.78 is 0. The van der Waals surface area contributed by atoms with Gasteiger partial charge < -0.3 is 0 Å². The molecule has 0 saturated carbocycles. The molecular weight excluding hydrogens is 301 g/mol. The molecule has 102 valence electrons. The summed E-state index contributed by atoms with van der Waals surface area (Å²) in [6.07, 6.45) is 0. The first-order chi connectivity index (χ1) is 7.15. The summed E-state index contributed by atoms with van der Waals surface area (Å²) >= 11 is 0. The molecule has 1 heterocycles. The average molecular weight is 334 g/mol. The van der Waals surface area contributed by atoms with Gasteiger partial charge in [0.05, 0.1) is 0 Å². The van der Waals surface area contributed by atoms with E-state index in [1.807, 2.05) is 0 Å². The first kappa shape index (κ1) is 16.4. The molecule has 0 nitrogen and oxygen atoms in total. The van der Waals surface area contributed by atoms with Crippen molar-refractivity contribution < 1.29 is 0 Å². The molecule has 6 heteroatoms. The molecule has 1 rings (SSSR count). The average Bonchev–Trinajstić information content (AvgIpc) is 2.13. The highest BCUT2D eigenvalue weighted by atomic mass is 30.2. The van der Waals surface area contributed by atoms with Crippen molar-refractivity contribution in [1.82, 2.24) is 0 Å². The summed E-state index contributed by atoms with van der Waals surface area (Å²) in [5.41, 5.74) is 0. The van der Waals surface area contributed by atoms with Crippen LogP contribution in [0.25, 0.3) is 0 Å². The largest absolute Gasteiger partial charge is 0.263 e. The molecule has 0 amide bonds. The topological polar surface area (TPSA) is 0 Å². The lowest BCUT2D eigenvalue weighted by Crippen LogP contribution is -2.96. The highest BCUT2D eigenvalue weighted by Gasteiger charge is 2.64. The van der Waals surface area contributed by atoms with Crippen LogP contribution in [0.1, 0.15) is 0 Å². The molecule has 0 atom stereocenters. The zero-order chi connectivity index (χ0) is 14.1. The fraction of sp³-hybridized carbons (Fsp3) is 1.00. The Morgan fingerprint density at radius 3 is 0.941 bits per heavy atom. The van der Waals surface area contributed by atoms with Crippen molar-refractivity contribution in [3.8, 4) is 0 Å². The van der Waals surface area contributed by atoms with E-state index in [1.165, 1.54) is 0 Å². The van der Waals surface area contributed by atoms with Gasteiger partial charge in [-0.2, -0.15) is 6.55 Å². The Morgan fingerprint density at radius 2 is 0.706 bits per heavy atom. The second kappa shape index (κ2) is 3.91. The predicted octanol–water partition coefficient (Wildman–Crippen LogP) is 4.14. The third-order valence-electron chi connectivity index (χ3n) is 8.12. The van der Waals surface area contributed by atoms with Crippen LogP contribution in [0.5, 0.6) is 0 Å². The third-order valence-corrected chi connectivity index (χ3v) is 150. The zero-order valence-corrected chi connectivity index (χ0v) is 20.0. The Kier molecular flexibility index (Phi) is 3.76. The van der Waals surface area contributed by atoms with Crippen LogP contribution in [0, 0.1) is 0 Å². The summed E-state index contributed by atoms with van der Waals surface area (Å²) in [5, 5.41) is 0. The fourth-order valence-corrected chi connectivity index (χ4v) is 224. The molecule has 0 aromatic carbocycles. The highest BCUT2D eigenvalue weighted by Crippen LogP contribution is 2.46. The van der Waals surface area contributed by atoms with Gasteiger partial charge in [0.1, 0.15) is 0 Å². The van der Waals surface area contributed by atoms with Crippen molar-refractivity contribution in [2.24, 2.45) is 0 Å². The van der Waals surface area contributed by atoms with E-state index >= 15 is 0 Å². The maximum Gasteiger partial charge on any atom is 0.0256 e. The van der Waals surface area contributed by atoms with Gasteiger partial charge in [-0.1, -0.05) is 65.5 Å². The van der Waals surface area contributed by atoms with Crippen molar-refractivity contribution in [3.05, 3.63) is 0 Å². The van der Waals surface area contributed by atoms with Crippen LogP contribution in [0.3, 0.4) is 0 Å². The second-order valence-electron chi connectivity index (χ2n) is 8.75. The van der Waals surface area contributed by atoms with Crippen LogP contribution < -0.4 is 0 Å². The molecule has 1 saturated heterocycles. The van der Waals surface area contributed by atoms with Crippen LogP contribution in [0.2, 0.25) is 72.0 Å². The van der Waals surface area contributed by atoms with Gasteiger partial charge in [0.15, 0.2) is 0 Å². The molecule has 1 aliphatic heterocycles. The summed E-state index contributed by atoms with van der Waals surface area (Å²) in [7, 11) is -4.52. The molecule has 0 radical (unpaired) electrons. The maximum absolute atomic E-state index is 2.82. The molecule has 1 fully saturated rings. The SMILES string of the molecule is C[Si-]1[Si](C)(C)[Si](C)(C)[Si](C)(C)[Si](C)(C)[Si]1(C)C.